The molecule has 0 saturated carbocycles. The Balaban J connectivity index is 2.22. The largest absolute Gasteiger partial charge is 0.343 e. The van der Waals surface area contributed by atoms with Gasteiger partial charge in [-0.15, -0.1) is 5.10 Å². The summed E-state index contributed by atoms with van der Waals surface area (Å²) >= 11 is 1.52. The Kier molecular flexibility index (Phi) is 4.90. The maximum Gasteiger partial charge on any atom is 0.343 e. The molecular formula is C15H22N4OS. The molecule has 1 aromatic heterocycles. The molecule has 0 aliphatic rings. The van der Waals surface area contributed by atoms with Gasteiger partial charge in [-0.1, -0.05) is 18.2 Å². The molecule has 0 bridgehead atoms. The van der Waals surface area contributed by atoms with E-state index in [1.165, 1.54) is 17.3 Å². The lowest BCUT2D eigenvalue weighted by Gasteiger charge is -2.21. The van der Waals surface area contributed by atoms with E-state index >= 15 is 0 Å². The molecule has 0 aliphatic carbocycles. The second-order valence-corrected chi connectivity index (χ2v) is 6.88. The van der Waals surface area contributed by atoms with E-state index in [2.05, 4.69) is 48.4 Å². The van der Waals surface area contributed by atoms with Crippen LogP contribution in [0.2, 0.25) is 0 Å². The molecular weight excluding hydrogens is 284 g/mol. The van der Waals surface area contributed by atoms with Crippen molar-refractivity contribution in [2.75, 3.05) is 0 Å². The monoisotopic (exact) mass is 306 g/mol. The summed E-state index contributed by atoms with van der Waals surface area (Å²) in [6.45, 7) is 9.77. The maximum atomic E-state index is 11.6. The molecule has 1 aromatic carbocycles. The number of hydrogen-bond acceptors (Lipinski definition) is 4. The predicted molar refractivity (Wildman–Crippen MR) is 85.7 cm³/mol. The molecule has 0 aliphatic heterocycles. The van der Waals surface area contributed by atoms with Gasteiger partial charge < -0.3 is 5.32 Å². The van der Waals surface area contributed by atoms with Crippen molar-refractivity contribution in [3.63, 3.8) is 0 Å². The maximum absolute atomic E-state index is 11.6. The van der Waals surface area contributed by atoms with Crippen molar-refractivity contribution in [2.24, 2.45) is 0 Å². The molecule has 2 aromatic rings. The smallest absolute Gasteiger partial charge is 0.308 e. The zero-order chi connectivity index (χ0) is 15.5. The van der Waals surface area contributed by atoms with E-state index in [0.29, 0.717) is 11.7 Å². The summed E-state index contributed by atoms with van der Waals surface area (Å²) in [6.07, 6.45) is 0. The Morgan fingerprint density at radius 3 is 2.71 bits per heavy atom. The molecule has 2 N–H and O–H groups in total. The van der Waals surface area contributed by atoms with Crippen LogP contribution >= 0.6 is 11.8 Å². The lowest BCUT2D eigenvalue weighted by molar-refractivity contribution is 0.422. The molecule has 21 heavy (non-hydrogen) atoms. The van der Waals surface area contributed by atoms with Crippen molar-refractivity contribution in [2.45, 2.75) is 56.4 Å². The first-order valence-electron chi connectivity index (χ1n) is 7.06. The van der Waals surface area contributed by atoms with Crippen molar-refractivity contribution in [1.82, 2.24) is 20.1 Å². The van der Waals surface area contributed by atoms with Crippen LogP contribution in [0, 0.1) is 0 Å². The van der Waals surface area contributed by atoms with Crippen molar-refractivity contribution in [1.29, 1.82) is 0 Å². The molecule has 0 spiro atoms. The third-order valence-corrected chi connectivity index (χ3v) is 4.13. The number of nitrogens with zero attached hydrogens (tertiary/aromatic N) is 2. The molecule has 0 fully saturated rings. The fourth-order valence-corrected chi connectivity index (χ4v) is 2.90. The van der Waals surface area contributed by atoms with E-state index in [9.17, 15) is 4.79 Å². The van der Waals surface area contributed by atoms with Crippen LogP contribution in [0.4, 0.5) is 0 Å². The Bertz CT molecular complexity index is 654. The third-order valence-electron chi connectivity index (χ3n) is 3.02. The molecule has 0 amide bonds. The number of rotatable bonds is 5. The highest BCUT2D eigenvalue weighted by Gasteiger charge is 2.13. The zero-order valence-corrected chi connectivity index (χ0v) is 13.8. The van der Waals surface area contributed by atoms with Gasteiger partial charge in [-0.3, -0.25) is 4.57 Å². The van der Waals surface area contributed by atoms with Crippen molar-refractivity contribution < 1.29 is 0 Å². The lowest BCUT2D eigenvalue weighted by Crippen LogP contribution is -2.35. The molecule has 0 saturated heterocycles. The van der Waals surface area contributed by atoms with Crippen LogP contribution in [0.1, 0.15) is 33.3 Å². The minimum Gasteiger partial charge on any atom is -0.308 e. The van der Waals surface area contributed by atoms with Crippen molar-refractivity contribution in [3.8, 4) is 0 Å². The number of aromatic nitrogens is 3. The molecule has 1 heterocycles. The summed E-state index contributed by atoms with van der Waals surface area (Å²) in [6, 6.07) is 8.19. The standard InChI is InChI=1S/C15H22N4OS/c1-5-19-13(20)17-18-14(19)21-12-9-7-6-8-11(12)10-16-15(2,3)4/h6-9,16H,5,10H2,1-4H3,(H,17,20). The molecule has 0 radical (unpaired) electrons. The molecule has 0 unspecified atom stereocenters. The Hall–Kier alpha value is -1.53. The van der Waals surface area contributed by atoms with Crippen LogP contribution in [-0.2, 0) is 13.1 Å². The van der Waals surface area contributed by atoms with Crippen LogP contribution in [0.3, 0.4) is 0 Å². The normalized spacial score (nSPS) is 11.8. The van der Waals surface area contributed by atoms with E-state index in [0.717, 1.165) is 11.4 Å². The fourth-order valence-electron chi connectivity index (χ4n) is 1.87. The van der Waals surface area contributed by atoms with Crippen molar-refractivity contribution >= 4 is 11.8 Å². The van der Waals surface area contributed by atoms with Crippen molar-refractivity contribution in [3.05, 3.63) is 40.3 Å². The van der Waals surface area contributed by atoms with Gasteiger partial charge in [-0.25, -0.2) is 9.89 Å². The minimum atomic E-state index is -0.162. The Morgan fingerprint density at radius 1 is 1.33 bits per heavy atom. The van der Waals surface area contributed by atoms with Gasteiger partial charge in [0.2, 0.25) is 0 Å². The number of benzene rings is 1. The van der Waals surface area contributed by atoms with Crippen LogP contribution < -0.4 is 11.0 Å². The summed E-state index contributed by atoms with van der Waals surface area (Å²) < 4.78 is 1.64. The van der Waals surface area contributed by atoms with Gasteiger partial charge in [0.05, 0.1) is 0 Å². The number of nitrogens with one attached hydrogen (secondary N) is 2. The van der Waals surface area contributed by atoms with Crippen LogP contribution in [0.5, 0.6) is 0 Å². The first kappa shape index (κ1) is 15.9. The molecule has 5 nitrogen and oxygen atoms in total. The predicted octanol–water partition coefficient (Wildman–Crippen LogP) is 2.63. The van der Waals surface area contributed by atoms with Gasteiger partial charge in [-0.05, 0) is 51.1 Å². The van der Waals surface area contributed by atoms with Gasteiger partial charge in [0.1, 0.15) is 0 Å². The van der Waals surface area contributed by atoms with Gasteiger partial charge in [0, 0.05) is 23.5 Å². The van der Waals surface area contributed by atoms with Crippen LogP contribution in [-0.4, -0.2) is 20.3 Å². The van der Waals surface area contributed by atoms with Gasteiger partial charge in [0.15, 0.2) is 5.16 Å². The summed E-state index contributed by atoms with van der Waals surface area (Å²) in [7, 11) is 0. The molecule has 114 valence electrons. The first-order chi connectivity index (χ1) is 9.90. The Labute approximate surface area is 129 Å². The van der Waals surface area contributed by atoms with Gasteiger partial charge in [0.25, 0.3) is 0 Å². The highest BCUT2D eigenvalue weighted by atomic mass is 32.2. The summed E-state index contributed by atoms with van der Waals surface area (Å²) in [5.41, 5.74) is 1.11. The second kappa shape index (κ2) is 6.49. The average Bonchev–Trinajstić information content (AvgIpc) is 2.77. The zero-order valence-electron chi connectivity index (χ0n) is 12.9. The fraction of sp³-hybridized carbons (Fsp3) is 0.467. The number of aromatic amines is 1. The average molecular weight is 306 g/mol. The van der Waals surface area contributed by atoms with Gasteiger partial charge in [-0.2, -0.15) is 0 Å². The SMILES string of the molecule is CCn1c(Sc2ccccc2CNC(C)(C)C)n[nH]c1=O. The molecule has 6 heteroatoms. The quantitative estimate of drug-likeness (QED) is 0.891. The highest BCUT2D eigenvalue weighted by molar-refractivity contribution is 7.99. The molecule has 2 rings (SSSR count). The number of H-pyrrole nitrogens is 1. The Morgan fingerprint density at radius 2 is 2.05 bits per heavy atom. The second-order valence-electron chi connectivity index (χ2n) is 5.87. The lowest BCUT2D eigenvalue weighted by atomic mass is 10.1. The third kappa shape index (κ3) is 4.22. The van der Waals surface area contributed by atoms with Crippen LogP contribution in [0.25, 0.3) is 0 Å². The van der Waals surface area contributed by atoms with E-state index in [1.807, 2.05) is 19.1 Å². The highest BCUT2D eigenvalue weighted by Crippen LogP contribution is 2.28. The van der Waals surface area contributed by atoms with E-state index in [-0.39, 0.29) is 11.2 Å². The van der Waals surface area contributed by atoms with E-state index < -0.39 is 0 Å². The molecule has 0 atom stereocenters. The first-order valence-corrected chi connectivity index (χ1v) is 7.88. The summed E-state index contributed by atoms with van der Waals surface area (Å²) in [4.78, 5) is 12.7. The minimum absolute atomic E-state index is 0.0651. The topological polar surface area (TPSA) is 62.7 Å². The number of hydrogen-bond donors (Lipinski definition) is 2. The van der Waals surface area contributed by atoms with Gasteiger partial charge >= 0.3 is 5.69 Å². The van der Waals surface area contributed by atoms with E-state index in [4.69, 9.17) is 0 Å². The summed E-state index contributed by atoms with van der Waals surface area (Å²) in [5.74, 6) is 0. The summed E-state index contributed by atoms with van der Waals surface area (Å²) in [5, 5.41) is 10.8. The van der Waals surface area contributed by atoms with E-state index in [1.54, 1.807) is 4.57 Å². The van der Waals surface area contributed by atoms with Crippen LogP contribution in [0.15, 0.2) is 39.1 Å².